The van der Waals surface area contributed by atoms with Crippen LogP contribution >= 0.6 is 0 Å². The van der Waals surface area contributed by atoms with Gasteiger partial charge in [-0.3, -0.25) is 9.89 Å². The molecule has 1 saturated heterocycles. The number of aromatic amines is 1. The molecule has 4 rings (SSSR count). The molecule has 0 aliphatic carbocycles. The maximum absolute atomic E-state index is 13.0. The molecule has 1 aliphatic heterocycles. The molecule has 6 nitrogen and oxygen atoms in total. The Morgan fingerprint density at radius 1 is 1.23 bits per heavy atom. The average molecular weight is 350 g/mol. The van der Waals surface area contributed by atoms with Gasteiger partial charge in [0.1, 0.15) is 5.69 Å². The molecule has 134 valence electrons. The normalized spacial score (nSPS) is 17.0. The summed E-state index contributed by atoms with van der Waals surface area (Å²) in [5.41, 5.74) is 5.89. The van der Waals surface area contributed by atoms with E-state index in [4.69, 9.17) is 4.52 Å². The molecule has 0 bridgehead atoms. The number of amides is 1. The molecule has 1 N–H and O–H groups in total. The Kier molecular flexibility index (Phi) is 4.11. The van der Waals surface area contributed by atoms with Crippen molar-refractivity contribution in [2.45, 2.75) is 39.7 Å². The Bertz CT molecular complexity index is 920. The Morgan fingerprint density at radius 3 is 2.69 bits per heavy atom. The fraction of sp³-hybridized carbons (Fsp3) is 0.350. The van der Waals surface area contributed by atoms with Crippen LogP contribution in [0.3, 0.4) is 0 Å². The highest BCUT2D eigenvalue weighted by molar-refractivity contribution is 5.93. The number of hydrogen-bond acceptors (Lipinski definition) is 4. The fourth-order valence-electron chi connectivity index (χ4n) is 3.74. The van der Waals surface area contributed by atoms with Crippen molar-refractivity contribution < 1.29 is 9.32 Å². The molecule has 0 radical (unpaired) electrons. The zero-order valence-electron chi connectivity index (χ0n) is 15.2. The van der Waals surface area contributed by atoms with E-state index >= 15 is 0 Å². The van der Waals surface area contributed by atoms with Crippen LogP contribution in [0.5, 0.6) is 0 Å². The number of hydrogen-bond donors (Lipinski definition) is 1. The summed E-state index contributed by atoms with van der Waals surface area (Å²) in [7, 11) is 0. The zero-order chi connectivity index (χ0) is 18.3. The molecule has 3 aromatic rings. The van der Waals surface area contributed by atoms with Crippen molar-refractivity contribution in [2.24, 2.45) is 0 Å². The number of nitrogens with one attached hydrogen (secondary N) is 1. The van der Waals surface area contributed by atoms with Crippen LogP contribution in [0, 0.1) is 20.8 Å². The van der Waals surface area contributed by atoms with Gasteiger partial charge in [-0.1, -0.05) is 35.0 Å². The molecule has 6 heteroatoms. The number of aryl methyl sites for hydroxylation is 3. The molecule has 2 aromatic heterocycles. The maximum Gasteiger partial charge on any atom is 0.292 e. The lowest BCUT2D eigenvalue weighted by molar-refractivity contribution is 0.0693. The van der Waals surface area contributed by atoms with E-state index in [0.29, 0.717) is 12.2 Å². The van der Waals surface area contributed by atoms with Crippen molar-refractivity contribution in [2.75, 3.05) is 6.54 Å². The van der Waals surface area contributed by atoms with Gasteiger partial charge in [-0.25, -0.2) is 0 Å². The maximum atomic E-state index is 13.0. The van der Waals surface area contributed by atoms with Crippen LogP contribution in [0.1, 0.15) is 52.0 Å². The topological polar surface area (TPSA) is 75.0 Å². The molecular weight excluding hydrogens is 328 g/mol. The molecule has 0 saturated carbocycles. The summed E-state index contributed by atoms with van der Waals surface area (Å²) in [4.78, 5) is 14.9. The van der Waals surface area contributed by atoms with Gasteiger partial charge >= 0.3 is 0 Å². The van der Waals surface area contributed by atoms with Gasteiger partial charge < -0.3 is 9.42 Å². The molecule has 1 amide bonds. The van der Waals surface area contributed by atoms with Gasteiger partial charge in [0.05, 0.1) is 11.7 Å². The number of benzene rings is 1. The number of likely N-dealkylation sites (tertiary alicyclic amines) is 1. The Morgan fingerprint density at radius 2 is 2.00 bits per heavy atom. The second-order valence-corrected chi connectivity index (χ2v) is 6.95. The van der Waals surface area contributed by atoms with E-state index in [2.05, 4.69) is 15.4 Å². The third-order valence-corrected chi connectivity index (χ3v) is 5.10. The quantitative estimate of drug-likeness (QED) is 0.775. The third-order valence-electron chi connectivity index (χ3n) is 5.10. The van der Waals surface area contributed by atoms with E-state index in [1.165, 1.54) is 5.56 Å². The van der Waals surface area contributed by atoms with Crippen LogP contribution in [-0.2, 0) is 0 Å². The van der Waals surface area contributed by atoms with E-state index in [0.717, 1.165) is 35.4 Å². The molecule has 1 atom stereocenters. The van der Waals surface area contributed by atoms with Crippen LogP contribution in [0.15, 0.2) is 34.9 Å². The smallest absolute Gasteiger partial charge is 0.292 e. The minimum atomic E-state index is -0.113. The van der Waals surface area contributed by atoms with E-state index in [1.807, 2.05) is 49.9 Å². The van der Waals surface area contributed by atoms with Gasteiger partial charge in [0, 0.05) is 29.4 Å². The molecule has 3 heterocycles. The van der Waals surface area contributed by atoms with E-state index in [-0.39, 0.29) is 17.7 Å². The monoisotopic (exact) mass is 350 g/mol. The average Bonchev–Trinajstić information content (AvgIpc) is 3.35. The van der Waals surface area contributed by atoms with Crippen molar-refractivity contribution in [3.05, 3.63) is 58.6 Å². The summed E-state index contributed by atoms with van der Waals surface area (Å²) < 4.78 is 5.39. The standard InChI is InChI=1S/C20H22N4O2/c1-12-6-8-15(9-7-12)16-11-18(26-23-16)20(25)24-10-4-5-17(24)19-13(2)21-22-14(19)3/h6-9,11,17H,4-5,10H2,1-3H3,(H,21,22). The number of carbonyl (C=O) groups excluding carboxylic acids is 1. The number of aromatic nitrogens is 3. The van der Waals surface area contributed by atoms with Gasteiger partial charge in [-0.05, 0) is 33.6 Å². The summed E-state index contributed by atoms with van der Waals surface area (Å²) in [6.45, 7) is 6.73. The Balaban J connectivity index is 1.60. The number of carbonyl (C=O) groups is 1. The summed E-state index contributed by atoms with van der Waals surface area (Å²) in [5.74, 6) is 0.171. The van der Waals surface area contributed by atoms with Gasteiger partial charge in [-0.2, -0.15) is 5.10 Å². The first kappa shape index (κ1) is 16.6. The summed E-state index contributed by atoms with van der Waals surface area (Å²) in [5, 5.41) is 11.4. The van der Waals surface area contributed by atoms with Gasteiger partial charge in [0.2, 0.25) is 5.76 Å². The molecule has 1 aromatic carbocycles. The molecule has 1 unspecified atom stereocenters. The van der Waals surface area contributed by atoms with Crippen LogP contribution in [0.25, 0.3) is 11.3 Å². The van der Waals surface area contributed by atoms with Gasteiger partial charge in [-0.15, -0.1) is 0 Å². The first-order valence-corrected chi connectivity index (χ1v) is 8.91. The number of rotatable bonds is 3. The second kappa shape index (κ2) is 6.44. The molecule has 26 heavy (non-hydrogen) atoms. The molecular formula is C20H22N4O2. The van der Waals surface area contributed by atoms with Crippen molar-refractivity contribution in [3.8, 4) is 11.3 Å². The zero-order valence-corrected chi connectivity index (χ0v) is 15.2. The van der Waals surface area contributed by atoms with Crippen LogP contribution in [-0.4, -0.2) is 32.7 Å². The first-order valence-electron chi connectivity index (χ1n) is 8.91. The molecule has 0 spiro atoms. The van der Waals surface area contributed by atoms with Gasteiger partial charge in [0.15, 0.2) is 0 Å². The van der Waals surface area contributed by atoms with Crippen molar-refractivity contribution in [1.29, 1.82) is 0 Å². The summed E-state index contributed by atoms with van der Waals surface area (Å²) >= 11 is 0. The van der Waals surface area contributed by atoms with Crippen LogP contribution in [0.4, 0.5) is 0 Å². The van der Waals surface area contributed by atoms with Crippen molar-refractivity contribution in [3.63, 3.8) is 0 Å². The highest BCUT2D eigenvalue weighted by Gasteiger charge is 2.35. The van der Waals surface area contributed by atoms with Crippen molar-refractivity contribution >= 4 is 5.91 Å². The lowest BCUT2D eigenvalue weighted by atomic mass is 10.0. The van der Waals surface area contributed by atoms with Crippen LogP contribution < -0.4 is 0 Å². The Labute approximate surface area is 152 Å². The van der Waals surface area contributed by atoms with E-state index in [1.54, 1.807) is 6.07 Å². The highest BCUT2D eigenvalue weighted by atomic mass is 16.5. The largest absolute Gasteiger partial charge is 0.350 e. The van der Waals surface area contributed by atoms with Crippen molar-refractivity contribution in [1.82, 2.24) is 20.3 Å². The summed E-state index contributed by atoms with van der Waals surface area (Å²) in [6.07, 6.45) is 1.91. The van der Waals surface area contributed by atoms with Crippen LogP contribution in [0.2, 0.25) is 0 Å². The second-order valence-electron chi connectivity index (χ2n) is 6.95. The lowest BCUT2D eigenvalue weighted by Crippen LogP contribution is -2.30. The number of H-pyrrole nitrogens is 1. The van der Waals surface area contributed by atoms with E-state index < -0.39 is 0 Å². The third kappa shape index (κ3) is 2.81. The predicted octanol–water partition coefficient (Wildman–Crippen LogP) is 3.97. The molecule has 1 fully saturated rings. The first-order chi connectivity index (χ1) is 12.5. The van der Waals surface area contributed by atoms with E-state index in [9.17, 15) is 4.79 Å². The number of nitrogens with zero attached hydrogens (tertiary/aromatic N) is 3. The highest BCUT2D eigenvalue weighted by Crippen LogP contribution is 2.36. The molecule has 1 aliphatic rings. The Hall–Kier alpha value is -2.89. The fourth-order valence-corrected chi connectivity index (χ4v) is 3.74. The lowest BCUT2D eigenvalue weighted by Gasteiger charge is -2.24. The summed E-state index contributed by atoms with van der Waals surface area (Å²) in [6, 6.07) is 9.78. The predicted molar refractivity (Wildman–Crippen MR) is 97.7 cm³/mol. The minimum Gasteiger partial charge on any atom is -0.350 e. The minimum absolute atomic E-state index is 0.0363. The van der Waals surface area contributed by atoms with Gasteiger partial charge in [0.25, 0.3) is 5.91 Å². The SMILES string of the molecule is Cc1ccc(-c2cc(C(=O)N3CCCC3c3c(C)n[nH]c3C)on2)cc1.